The second-order valence-electron chi connectivity index (χ2n) is 7.71. The Morgan fingerprint density at radius 2 is 1.94 bits per heavy atom. The number of nitrogens with two attached hydrogens (primary N) is 1. The molecule has 13 heteroatoms. The summed E-state index contributed by atoms with van der Waals surface area (Å²) in [5, 5.41) is 9.80. The minimum absolute atomic E-state index is 0.0288. The van der Waals surface area contributed by atoms with Gasteiger partial charge in [0.2, 0.25) is 0 Å². The largest absolute Gasteiger partial charge is 0.470 e. The van der Waals surface area contributed by atoms with E-state index in [4.69, 9.17) is 17.3 Å². The van der Waals surface area contributed by atoms with Crippen LogP contribution in [0.5, 0.6) is 0 Å². The summed E-state index contributed by atoms with van der Waals surface area (Å²) in [5.74, 6) is -1.68. The molecule has 4 heterocycles. The highest BCUT2D eigenvalue weighted by atomic mass is 35.5. The number of hydrogen-bond acceptors (Lipinski definition) is 9. The number of aromatic nitrogens is 4. The van der Waals surface area contributed by atoms with Gasteiger partial charge in [0.1, 0.15) is 0 Å². The van der Waals surface area contributed by atoms with Crippen molar-refractivity contribution in [3.63, 3.8) is 0 Å². The topological polar surface area (TPSA) is 109 Å². The average Bonchev–Trinajstić information content (AvgIpc) is 3.26. The summed E-state index contributed by atoms with van der Waals surface area (Å²) < 4.78 is 42.9. The van der Waals surface area contributed by atoms with Crippen LogP contribution in [0, 0.1) is 0 Å². The molecule has 0 radical (unpaired) electrons. The molecule has 3 N–H and O–H groups in total. The Morgan fingerprint density at radius 3 is 2.58 bits per heavy atom. The van der Waals surface area contributed by atoms with E-state index in [1.807, 2.05) is 4.90 Å². The van der Waals surface area contributed by atoms with Crippen molar-refractivity contribution in [2.75, 3.05) is 43.4 Å². The number of alkyl halides is 3. The zero-order chi connectivity index (χ0) is 22.2. The van der Waals surface area contributed by atoms with Gasteiger partial charge in [-0.1, -0.05) is 18.5 Å². The lowest BCUT2D eigenvalue weighted by Gasteiger charge is -2.46. The highest BCUT2D eigenvalue weighted by molar-refractivity contribution is 6.32. The Labute approximate surface area is 182 Å². The van der Waals surface area contributed by atoms with Crippen molar-refractivity contribution < 1.29 is 17.6 Å². The van der Waals surface area contributed by atoms with Crippen LogP contribution in [0.1, 0.15) is 32.1 Å². The van der Waals surface area contributed by atoms with Crippen LogP contribution in [0.25, 0.3) is 11.6 Å². The fourth-order valence-electron chi connectivity index (χ4n) is 4.25. The molecule has 0 aliphatic carbocycles. The number of anilines is 2. The average molecular weight is 461 g/mol. The minimum atomic E-state index is -4.76. The van der Waals surface area contributed by atoms with Crippen LogP contribution in [0.4, 0.5) is 24.8 Å². The Hall–Kier alpha value is -2.18. The maximum Gasteiger partial charge on any atom is 0.470 e. The monoisotopic (exact) mass is 460 g/mol. The van der Waals surface area contributed by atoms with E-state index in [0.29, 0.717) is 31.0 Å². The highest BCUT2D eigenvalue weighted by Crippen LogP contribution is 2.34. The highest BCUT2D eigenvalue weighted by Gasteiger charge is 2.39. The molecular weight excluding hydrogens is 437 g/mol. The van der Waals surface area contributed by atoms with Crippen molar-refractivity contribution in [3.8, 4) is 11.6 Å². The summed E-state index contributed by atoms with van der Waals surface area (Å²) >= 11 is 6.35. The van der Waals surface area contributed by atoms with Gasteiger partial charge in [-0.25, -0.2) is 9.97 Å². The third-order valence-corrected chi connectivity index (χ3v) is 6.06. The van der Waals surface area contributed by atoms with E-state index in [0.717, 1.165) is 38.9 Å². The van der Waals surface area contributed by atoms with Gasteiger partial charge in [0, 0.05) is 31.7 Å². The molecule has 0 spiro atoms. The number of piperidine rings is 1. The molecule has 2 fully saturated rings. The summed E-state index contributed by atoms with van der Waals surface area (Å²) in [6.07, 6.45) is -1.53. The lowest BCUT2D eigenvalue weighted by atomic mass is 9.99. The Kier molecular flexibility index (Phi) is 6.22. The fourth-order valence-corrected chi connectivity index (χ4v) is 4.50. The van der Waals surface area contributed by atoms with Crippen molar-refractivity contribution in [3.05, 3.63) is 11.0 Å². The maximum absolute atomic E-state index is 12.7. The molecule has 0 saturated carbocycles. The van der Waals surface area contributed by atoms with E-state index in [1.165, 1.54) is 0 Å². The number of nitrogens with one attached hydrogen (secondary N) is 1. The molecule has 4 rings (SSSR count). The molecule has 0 unspecified atom stereocenters. The van der Waals surface area contributed by atoms with E-state index >= 15 is 0 Å². The number of rotatable bonds is 4. The minimum Gasteiger partial charge on any atom is -0.411 e. The maximum atomic E-state index is 12.7. The van der Waals surface area contributed by atoms with Crippen molar-refractivity contribution >= 4 is 23.2 Å². The van der Waals surface area contributed by atoms with Crippen LogP contribution >= 0.6 is 11.6 Å². The van der Waals surface area contributed by atoms with Gasteiger partial charge < -0.3 is 20.4 Å². The van der Waals surface area contributed by atoms with E-state index in [9.17, 15) is 13.2 Å². The molecule has 2 saturated heterocycles. The molecule has 0 bridgehead atoms. The van der Waals surface area contributed by atoms with Crippen molar-refractivity contribution in [2.45, 2.75) is 44.4 Å². The summed E-state index contributed by atoms with van der Waals surface area (Å²) in [5.41, 5.74) is 5.80. The molecule has 2 aliphatic heterocycles. The Bertz CT molecular complexity index is 918. The molecule has 31 heavy (non-hydrogen) atoms. The molecule has 170 valence electrons. The lowest BCUT2D eigenvalue weighted by Crippen LogP contribution is -2.58. The van der Waals surface area contributed by atoms with Crippen molar-refractivity contribution in [2.24, 2.45) is 0 Å². The Morgan fingerprint density at radius 1 is 1.19 bits per heavy atom. The lowest BCUT2D eigenvalue weighted by molar-refractivity contribution is -0.156. The first kappa shape index (κ1) is 22.0. The van der Waals surface area contributed by atoms with Crippen LogP contribution in [-0.2, 0) is 6.18 Å². The standard InChI is InChI=1S/C18H24ClF3N8O/c1-2-10-9-29(7-8-30(10)11-3-5-24-6-4-11)15-13(19)25-12(14(23)26-15)16-27-28-17(31-16)18(20,21)22/h10-11,24H,2-9H2,1H3,(H2,23,26)/t10-/m0/s1. The van der Waals surface area contributed by atoms with Gasteiger partial charge in [-0.05, 0) is 32.4 Å². The second-order valence-corrected chi connectivity index (χ2v) is 8.07. The number of piperazine rings is 1. The summed E-state index contributed by atoms with van der Waals surface area (Å²) in [6, 6.07) is 0.892. The SMILES string of the molecule is CC[C@H]1CN(c2nc(N)c(-c3nnc(C(F)(F)F)o3)nc2Cl)CCN1C1CCNCC1. The first-order chi connectivity index (χ1) is 14.8. The van der Waals surface area contributed by atoms with Crippen LogP contribution < -0.4 is 16.0 Å². The summed E-state index contributed by atoms with van der Waals surface area (Å²) in [6.45, 7) is 6.49. The van der Waals surface area contributed by atoms with Gasteiger partial charge in [0.05, 0.1) is 0 Å². The summed E-state index contributed by atoms with van der Waals surface area (Å²) in [7, 11) is 0. The molecule has 2 aromatic rings. The normalized spacial score (nSPS) is 21.6. The van der Waals surface area contributed by atoms with E-state index in [-0.39, 0.29) is 16.7 Å². The summed E-state index contributed by atoms with van der Waals surface area (Å²) in [4.78, 5) is 13.0. The van der Waals surface area contributed by atoms with Gasteiger partial charge in [0.15, 0.2) is 22.5 Å². The quantitative estimate of drug-likeness (QED) is 0.710. The van der Waals surface area contributed by atoms with Crippen LogP contribution in [-0.4, -0.2) is 69.9 Å². The zero-order valence-electron chi connectivity index (χ0n) is 17.0. The van der Waals surface area contributed by atoms with Crippen LogP contribution in [0.15, 0.2) is 4.42 Å². The Balaban J connectivity index is 1.54. The third kappa shape index (κ3) is 4.55. The van der Waals surface area contributed by atoms with Gasteiger partial charge in [-0.3, -0.25) is 4.90 Å². The van der Waals surface area contributed by atoms with Crippen molar-refractivity contribution in [1.82, 2.24) is 30.4 Å². The first-order valence-electron chi connectivity index (χ1n) is 10.2. The fraction of sp³-hybridized carbons (Fsp3) is 0.667. The predicted molar refractivity (Wildman–Crippen MR) is 109 cm³/mol. The smallest absolute Gasteiger partial charge is 0.411 e. The molecule has 0 amide bonds. The van der Waals surface area contributed by atoms with E-state index < -0.39 is 18.0 Å². The number of hydrogen-bond donors (Lipinski definition) is 2. The van der Waals surface area contributed by atoms with Gasteiger partial charge in [-0.2, -0.15) is 13.2 Å². The third-order valence-electron chi connectivity index (χ3n) is 5.81. The van der Waals surface area contributed by atoms with Gasteiger partial charge >= 0.3 is 12.1 Å². The molecule has 0 aromatic carbocycles. The van der Waals surface area contributed by atoms with E-state index in [2.05, 4.69) is 41.7 Å². The molecular formula is C18H24ClF3N8O. The number of nitrogens with zero attached hydrogens (tertiary/aromatic N) is 6. The zero-order valence-corrected chi connectivity index (χ0v) is 17.7. The molecule has 2 aliphatic rings. The first-order valence-corrected chi connectivity index (χ1v) is 10.6. The molecule has 1 atom stereocenters. The second kappa shape index (κ2) is 8.75. The number of halogens is 4. The van der Waals surface area contributed by atoms with Crippen LogP contribution in [0.3, 0.4) is 0 Å². The van der Waals surface area contributed by atoms with E-state index in [1.54, 1.807) is 0 Å². The van der Waals surface area contributed by atoms with Gasteiger partial charge in [0.25, 0.3) is 5.89 Å². The molecule has 9 nitrogen and oxygen atoms in total. The van der Waals surface area contributed by atoms with Crippen LogP contribution in [0.2, 0.25) is 5.15 Å². The number of nitrogen functional groups attached to an aromatic ring is 1. The molecule has 2 aromatic heterocycles. The van der Waals surface area contributed by atoms with Gasteiger partial charge in [-0.15, -0.1) is 10.2 Å². The van der Waals surface area contributed by atoms with Crippen molar-refractivity contribution in [1.29, 1.82) is 0 Å². The predicted octanol–water partition coefficient (Wildman–Crippen LogP) is 2.43.